The fourth-order valence-corrected chi connectivity index (χ4v) is 6.42. The molecule has 5 aliphatic rings. The Morgan fingerprint density at radius 1 is 1.17 bits per heavy atom. The number of pyridine rings is 1. The molecular weight excluding hydrogens is 476 g/mol. The maximum atomic E-state index is 14.1. The van der Waals surface area contributed by atoms with E-state index in [0.717, 1.165) is 80.1 Å². The van der Waals surface area contributed by atoms with E-state index >= 15 is 0 Å². The van der Waals surface area contributed by atoms with E-state index in [4.69, 9.17) is 21.1 Å². The average molecular weight is 511 g/mol. The van der Waals surface area contributed by atoms with Gasteiger partial charge in [-0.15, -0.1) is 0 Å². The van der Waals surface area contributed by atoms with Gasteiger partial charge in [-0.05, 0) is 76.6 Å². The molecule has 4 fully saturated rings. The minimum atomic E-state index is -0.0124. The third-order valence-electron chi connectivity index (χ3n) is 8.06. The van der Waals surface area contributed by atoms with Crippen LogP contribution in [-0.4, -0.2) is 48.4 Å². The van der Waals surface area contributed by atoms with Gasteiger partial charge in [0.15, 0.2) is 0 Å². The molecule has 1 aromatic heterocycles. The Morgan fingerprint density at radius 2 is 2.00 bits per heavy atom. The monoisotopic (exact) mass is 510 g/mol. The van der Waals surface area contributed by atoms with Crippen LogP contribution in [0.2, 0.25) is 5.02 Å². The Hall–Kier alpha value is -2.35. The molecule has 3 saturated heterocycles. The average Bonchev–Trinajstić information content (AvgIpc) is 3.05. The molecule has 2 atom stereocenters. The summed E-state index contributed by atoms with van der Waals surface area (Å²) in [6.45, 7) is 6.28. The Kier molecular flexibility index (Phi) is 6.56. The third-order valence-corrected chi connectivity index (χ3v) is 8.27. The summed E-state index contributed by atoms with van der Waals surface area (Å²) in [7, 11) is 0. The first-order chi connectivity index (χ1) is 17.4. The number of carbonyl (C=O) groups excluding carboxylic acids is 1. The summed E-state index contributed by atoms with van der Waals surface area (Å²) in [5.74, 6) is 0.916. The fraction of sp³-hybridized carbons (Fsp3) is 0.571. The Labute approximate surface area is 218 Å². The topological polar surface area (TPSA) is 66.9 Å². The van der Waals surface area contributed by atoms with Gasteiger partial charge in [0.1, 0.15) is 5.82 Å². The molecule has 0 radical (unpaired) electrons. The Balaban J connectivity index is 1.32. The standard InChI is InChI=1S/C28H35ClN4O3/c1-17(2)36-23-7-3-18(4-8-23)28(34)33-14-19-11-20(29)13-30-27(19)31-25-10-6-21(12-26(25)33)32-15-24-9-5-22(32)16-35-24/h6,10-13,17-18,22-24H,3-5,7-9,14-16H2,1-2H3,(H,30,31)/t18-,22-,23-,24-/m0/s1. The van der Waals surface area contributed by atoms with Crippen molar-refractivity contribution in [3.8, 4) is 0 Å². The number of ether oxygens (including phenoxy) is 2. The van der Waals surface area contributed by atoms with Crippen LogP contribution in [0.4, 0.5) is 22.9 Å². The number of nitrogens with zero attached hydrogens (tertiary/aromatic N) is 3. The van der Waals surface area contributed by atoms with E-state index in [-0.39, 0.29) is 24.0 Å². The van der Waals surface area contributed by atoms with Crippen molar-refractivity contribution in [3.05, 3.63) is 41.0 Å². The van der Waals surface area contributed by atoms with Gasteiger partial charge in [-0.25, -0.2) is 4.98 Å². The lowest BCUT2D eigenvalue weighted by molar-refractivity contribution is -0.124. The van der Waals surface area contributed by atoms with Gasteiger partial charge in [0, 0.05) is 29.9 Å². The molecule has 36 heavy (non-hydrogen) atoms. The van der Waals surface area contributed by atoms with Crippen molar-refractivity contribution in [1.29, 1.82) is 0 Å². The van der Waals surface area contributed by atoms with Crippen molar-refractivity contribution < 1.29 is 14.3 Å². The highest BCUT2D eigenvalue weighted by atomic mass is 35.5. The molecule has 192 valence electrons. The number of piperidine rings is 1. The van der Waals surface area contributed by atoms with Gasteiger partial charge in [0.2, 0.25) is 5.91 Å². The molecule has 1 N–H and O–H groups in total. The number of nitrogens with one attached hydrogen (secondary N) is 1. The van der Waals surface area contributed by atoms with Gasteiger partial charge in [-0.3, -0.25) is 4.79 Å². The number of carbonyl (C=O) groups is 1. The van der Waals surface area contributed by atoms with Crippen LogP contribution in [0.1, 0.15) is 57.9 Å². The van der Waals surface area contributed by atoms with Crippen LogP contribution >= 0.6 is 11.6 Å². The van der Waals surface area contributed by atoms with Crippen LogP contribution in [0.3, 0.4) is 0 Å². The predicted octanol–water partition coefficient (Wildman–Crippen LogP) is 5.68. The van der Waals surface area contributed by atoms with Gasteiger partial charge >= 0.3 is 0 Å². The fourth-order valence-electron chi connectivity index (χ4n) is 6.24. The number of benzene rings is 1. The maximum Gasteiger partial charge on any atom is 0.230 e. The predicted molar refractivity (Wildman–Crippen MR) is 142 cm³/mol. The van der Waals surface area contributed by atoms with Crippen molar-refractivity contribution in [2.24, 2.45) is 5.92 Å². The summed E-state index contributed by atoms with van der Waals surface area (Å²) in [6, 6.07) is 8.74. The smallest absolute Gasteiger partial charge is 0.230 e. The van der Waals surface area contributed by atoms with Gasteiger partial charge in [0.05, 0.1) is 53.9 Å². The molecule has 1 amide bonds. The SMILES string of the molecule is CC(C)O[C@H]1CC[C@H](C(=O)N2Cc3cc(Cl)cnc3Nc3ccc(N4C[C@@H]5CC[C@H]4CO5)cc32)CC1. The van der Waals surface area contributed by atoms with Gasteiger partial charge in [-0.1, -0.05) is 11.6 Å². The van der Waals surface area contributed by atoms with Crippen molar-refractivity contribution >= 4 is 40.4 Å². The molecule has 0 unspecified atom stereocenters. The van der Waals surface area contributed by atoms with Crippen LogP contribution in [0.25, 0.3) is 0 Å². The van der Waals surface area contributed by atoms with E-state index in [0.29, 0.717) is 23.7 Å². The number of amides is 1. The van der Waals surface area contributed by atoms with E-state index in [1.165, 1.54) is 0 Å². The van der Waals surface area contributed by atoms with Gasteiger partial charge in [0.25, 0.3) is 0 Å². The first-order valence-electron chi connectivity index (χ1n) is 13.3. The Bertz CT molecular complexity index is 1130. The highest BCUT2D eigenvalue weighted by Gasteiger charge is 2.37. The quantitative estimate of drug-likeness (QED) is 0.571. The zero-order chi connectivity index (χ0) is 24.8. The minimum absolute atomic E-state index is 0.0124. The molecule has 7 nitrogen and oxygen atoms in total. The third kappa shape index (κ3) is 4.69. The van der Waals surface area contributed by atoms with Crippen molar-refractivity contribution in [3.63, 3.8) is 0 Å². The normalized spacial score (nSPS) is 27.3. The zero-order valence-electron chi connectivity index (χ0n) is 21.1. The molecule has 1 aliphatic carbocycles. The lowest BCUT2D eigenvalue weighted by atomic mass is 9.86. The highest BCUT2D eigenvalue weighted by Crippen LogP contribution is 2.42. The number of aromatic nitrogens is 1. The van der Waals surface area contributed by atoms with Crippen molar-refractivity contribution in [2.45, 2.75) is 83.3 Å². The number of rotatable bonds is 4. The maximum absolute atomic E-state index is 14.1. The van der Waals surface area contributed by atoms with Crippen LogP contribution in [0.5, 0.6) is 0 Å². The number of hydrogen-bond donors (Lipinski definition) is 1. The summed E-state index contributed by atoms with van der Waals surface area (Å²) in [5, 5.41) is 4.06. The molecule has 2 aromatic rings. The molecule has 2 bridgehead atoms. The van der Waals surface area contributed by atoms with Crippen LogP contribution in [0, 0.1) is 5.92 Å². The number of fused-ring (bicyclic) bond motifs is 5. The first-order valence-corrected chi connectivity index (χ1v) is 13.7. The summed E-state index contributed by atoms with van der Waals surface area (Å²) in [6.07, 6.45) is 8.24. The molecule has 4 aliphatic heterocycles. The lowest BCUT2D eigenvalue weighted by Crippen LogP contribution is -2.54. The second kappa shape index (κ2) is 9.84. The molecule has 1 saturated carbocycles. The number of morpholine rings is 1. The second-order valence-corrected chi connectivity index (χ2v) is 11.3. The summed E-state index contributed by atoms with van der Waals surface area (Å²) < 4.78 is 12.0. The largest absolute Gasteiger partial charge is 0.376 e. The van der Waals surface area contributed by atoms with E-state index in [1.54, 1.807) is 6.20 Å². The lowest BCUT2D eigenvalue weighted by Gasteiger charge is -2.46. The number of hydrogen-bond acceptors (Lipinski definition) is 6. The van der Waals surface area contributed by atoms with E-state index in [1.807, 2.05) is 11.0 Å². The van der Waals surface area contributed by atoms with Gasteiger partial charge < -0.3 is 24.6 Å². The molecule has 0 spiro atoms. The molecule has 1 aromatic carbocycles. The summed E-state index contributed by atoms with van der Waals surface area (Å²) >= 11 is 6.31. The van der Waals surface area contributed by atoms with Crippen LogP contribution in [0.15, 0.2) is 30.5 Å². The first kappa shape index (κ1) is 24.0. The molecule has 7 rings (SSSR count). The molecular formula is C28H35ClN4O3. The van der Waals surface area contributed by atoms with Crippen molar-refractivity contribution in [1.82, 2.24) is 4.98 Å². The number of anilines is 4. The molecule has 5 heterocycles. The summed E-state index contributed by atoms with van der Waals surface area (Å²) in [5.41, 5.74) is 3.89. The van der Waals surface area contributed by atoms with Crippen LogP contribution < -0.4 is 15.1 Å². The number of halogens is 1. The Morgan fingerprint density at radius 3 is 2.69 bits per heavy atom. The van der Waals surface area contributed by atoms with Crippen LogP contribution in [-0.2, 0) is 20.8 Å². The molecule has 8 heteroatoms. The van der Waals surface area contributed by atoms with Gasteiger partial charge in [-0.2, -0.15) is 0 Å². The van der Waals surface area contributed by atoms with E-state index in [9.17, 15) is 4.79 Å². The van der Waals surface area contributed by atoms with Crippen molar-refractivity contribution in [2.75, 3.05) is 28.3 Å². The summed E-state index contributed by atoms with van der Waals surface area (Å²) in [4.78, 5) is 23.0. The minimum Gasteiger partial charge on any atom is -0.376 e. The zero-order valence-corrected chi connectivity index (χ0v) is 21.8. The second-order valence-electron chi connectivity index (χ2n) is 10.9. The highest BCUT2D eigenvalue weighted by molar-refractivity contribution is 6.30. The van der Waals surface area contributed by atoms with E-state index in [2.05, 4.69) is 47.2 Å². The van der Waals surface area contributed by atoms with E-state index < -0.39 is 0 Å².